The molecule has 0 N–H and O–H groups in total. The maximum absolute atomic E-state index is 12.6. The topological polar surface area (TPSA) is 38.1 Å². The summed E-state index contributed by atoms with van der Waals surface area (Å²) >= 11 is 0. The summed E-state index contributed by atoms with van der Waals surface area (Å²) in [7, 11) is 0. The third-order valence-electron chi connectivity index (χ3n) is 5.54. The minimum Gasteiger partial charge on any atom is -0.340 e. The molecule has 2 fully saturated rings. The number of piperidine rings is 1. The van der Waals surface area contributed by atoms with E-state index in [0.29, 0.717) is 17.9 Å². The first kappa shape index (κ1) is 15.4. The van der Waals surface area contributed by atoms with Crippen molar-refractivity contribution in [3.8, 4) is 11.4 Å². The number of amides is 1. The average Bonchev–Trinajstić information content (AvgIpc) is 2.96. The van der Waals surface area contributed by atoms with E-state index in [4.69, 9.17) is 0 Å². The second-order valence-corrected chi connectivity index (χ2v) is 7.17. The fourth-order valence-electron chi connectivity index (χ4n) is 3.99. The van der Waals surface area contributed by atoms with Crippen LogP contribution in [0.1, 0.15) is 43.8 Å². The zero-order chi connectivity index (χ0) is 16.5. The number of carbonyl (C=O) groups excluding carboxylic acids is 1. The van der Waals surface area contributed by atoms with Crippen molar-refractivity contribution in [3.63, 3.8) is 0 Å². The highest BCUT2D eigenvalue weighted by Gasteiger charge is 2.33. The van der Waals surface area contributed by atoms with Crippen LogP contribution in [-0.4, -0.2) is 33.4 Å². The van der Waals surface area contributed by atoms with Crippen LogP contribution in [0.25, 0.3) is 11.4 Å². The molecule has 2 aromatic rings. The summed E-state index contributed by atoms with van der Waals surface area (Å²) in [5.74, 6) is 1.70. The van der Waals surface area contributed by atoms with E-state index >= 15 is 0 Å². The molecule has 1 aromatic carbocycles. The summed E-state index contributed by atoms with van der Waals surface area (Å²) in [4.78, 5) is 19.4. The van der Waals surface area contributed by atoms with Crippen LogP contribution in [0.3, 0.4) is 0 Å². The highest BCUT2D eigenvalue weighted by atomic mass is 16.2. The summed E-state index contributed by atoms with van der Waals surface area (Å²) in [6, 6.07) is 10.7. The Morgan fingerprint density at radius 1 is 1.12 bits per heavy atom. The molecule has 0 bridgehead atoms. The first-order chi connectivity index (χ1) is 11.7. The van der Waals surface area contributed by atoms with Crippen LogP contribution in [0.2, 0.25) is 0 Å². The van der Waals surface area contributed by atoms with Gasteiger partial charge in [0.25, 0.3) is 0 Å². The summed E-state index contributed by atoms with van der Waals surface area (Å²) in [5.41, 5.74) is 2.32. The lowest BCUT2D eigenvalue weighted by Crippen LogP contribution is -2.45. The highest BCUT2D eigenvalue weighted by molar-refractivity contribution is 5.79. The predicted molar refractivity (Wildman–Crippen MR) is 94.6 cm³/mol. The van der Waals surface area contributed by atoms with Crippen molar-refractivity contribution < 1.29 is 4.79 Å². The number of carbonyl (C=O) groups is 1. The second-order valence-electron chi connectivity index (χ2n) is 7.17. The zero-order valence-electron chi connectivity index (χ0n) is 14.3. The van der Waals surface area contributed by atoms with Gasteiger partial charge in [-0.3, -0.25) is 4.79 Å². The number of aromatic nitrogens is 2. The fraction of sp³-hybridized carbons (Fsp3) is 0.500. The molecule has 4 nitrogen and oxygen atoms in total. The second kappa shape index (κ2) is 6.42. The zero-order valence-corrected chi connectivity index (χ0v) is 14.3. The Morgan fingerprint density at radius 2 is 1.92 bits per heavy atom. The van der Waals surface area contributed by atoms with Crippen LogP contribution in [0.15, 0.2) is 36.5 Å². The summed E-state index contributed by atoms with van der Waals surface area (Å²) < 4.78 is 2.34. The van der Waals surface area contributed by atoms with Crippen molar-refractivity contribution in [1.29, 1.82) is 0 Å². The molecule has 1 saturated heterocycles. The lowest BCUT2D eigenvalue weighted by Gasteiger charge is -2.38. The molecule has 1 amide bonds. The summed E-state index contributed by atoms with van der Waals surface area (Å²) in [5, 5.41) is 0. The molecule has 1 aliphatic heterocycles. The number of nitrogens with zero attached hydrogens (tertiary/aromatic N) is 3. The minimum absolute atomic E-state index is 0.293. The monoisotopic (exact) mass is 323 g/mol. The van der Waals surface area contributed by atoms with Gasteiger partial charge >= 0.3 is 0 Å². The number of imidazole rings is 1. The lowest BCUT2D eigenvalue weighted by atomic mass is 9.84. The molecular formula is C20H25N3O. The maximum Gasteiger partial charge on any atom is 0.225 e. The predicted octanol–water partition coefficient (Wildman–Crippen LogP) is 3.82. The Kier molecular flexibility index (Phi) is 4.13. The number of benzene rings is 1. The number of hydrogen-bond acceptors (Lipinski definition) is 2. The Balaban J connectivity index is 1.59. The van der Waals surface area contributed by atoms with Crippen LogP contribution in [0, 0.1) is 12.8 Å². The normalized spacial score (nSPS) is 21.5. The Morgan fingerprint density at radius 3 is 2.62 bits per heavy atom. The molecule has 4 heteroatoms. The third-order valence-corrected chi connectivity index (χ3v) is 5.54. The van der Waals surface area contributed by atoms with E-state index in [0.717, 1.165) is 50.2 Å². The van der Waals surface area contributed by atoms with Crippen molar-refractivity contribution in [3.05, 3.63) is 42.2 Å². The van der Waals surface area contributed by atoms with E-state index < -0.39 is 0 Å². The van der Waals surface area contributed by atoms with Crippen molar-refractivity contribution in [1.82, 2.24) is 14.5 Å². The number of aryl methyl sites for hydroxylation is 1. The summed E-state index contributed by atoms with van der Waals surface area (Å²) in [6.07, 6.45) is 7.53. The number of rotatable bonds is 3. The number of hydrogen-bond donors (Lipinski definition) is 0. The molecule has 2 heterocycles. The van der Waals surface area contributed by atoms with Gasteiger partial charge in [0.1, 0.15) is 5.82 Å². The average molecular weight is 323 g/mol. The van der Waals surface area contributed by atoms with Crippen LogP contribution in [-0.2, 0) is 4.79 Å². The SMILES string of the molecule is Cc1cnc(-c2ccccc2)n1C1CCCN(C(=O)C2CCC2)C1. The first-order valence-corrected chi connectivity index (χ1v) is 9.12. The van der Waals surface area contributed by atoms with E-state index in [1.54, 1.807) is 0 Å². The highest BCUT2D eigenvalue weighted by Crippen LogP contribution is 2.33. The molecule has 0 spiro atoms. The third kappa shape index (κ3) is 2.74. The van der Waals surface area contributed by atoms with Gasteiger partial charge in [0, 0.05) is 36.5 Å². The fourth-order valence-corrected chi connectivity index (χ4v) is 3.99. The van der Waals surface area contributed by atoms with Gasteiger partial charge in [-0.25, -0.2) is 4.98 Å². The van der Waals surface area contributed by atoms with Crippen molar-refractivity contribution in [2.45, 2.75) is 45.1 Å². The quantitative estimate of drug-likeness (QED) is 0.861. The Labute approximate surface area is 143 Å². The van der Waals surface area contributed by atoms with E-state index in [-0.39, 0.29) is 0 Å². The van der Waals surface area contributed by atoms with Crippen molar-refractivity contribution in [2.24, 2.45) is 5.92 Å². The largest absolute Gasteiger partial charge is 0.340 e. The van der Waals surface area contributed by atoms with E-state index in [1.807, 2.05) is 12.3 Å². The molecule has 1 aromatic heterocycles. The molecule has 1 atom stereocenters. The van der Waals surface area contributed by atoms with Gasteiger partial charge < -0.3 is 9.47 Å². The standard InChI is InChI=1S/C20H25N3O/c1-15-13-21-19(16-7-3-2-4-8-16)23(15)18-11-6-12-22(14-18)20(24)17-9-5-10-17/h2-4,7-8,13,17-18H,5-6,9-12,14H2,1H3. The molecule has 1 unspecified atom stereocenters. The van der Waals surface area contributed by atoms with Gasteiger partial charge in [0.15, 0.2) is 0 Å². The van der Waals surface area contributed by atoms with Gasteiger partial charge in [-0.2, -0.15) is 0 Å². The smallest absolute Gasteiger partial charge is 0.225 e. The molecule has 1 aliphatic carbocycles. The molecule has 0 radical (unpaired) electrons. The molecule has 4 rings (SSSR count). The van der Waals surface area contributed by atoms with Crippen LogP contribution < -0.4 is 0 Å². The first-order valence-electron chi connectivity index (χ1n) is 9.12. The number of likely N-dealkylation sites (tertiary alicyclic amines) is 1. The molecular weight excluding hydrogens is 298 g/mol. The van der Waals surface area contributed by atoms with Crippen LogP contribution in [0.5, 0.6) is 0 Å². The van der Waals surface area contributed by atoms with E-state index in [2.05, 4.69) is 45.6 Å². The van der Waals surface area contributed by atoms with Gasteiger partial charge in [-0.15, -0.1) is 0 Å². The van der Waals surface area contributed by atoms with Gasteiger partial charge in [-0.05, 0) is 32.6 Å². The lowest BCUT2D eigenvalue weighted by molar-refractivity contribution is -0.139. The van der Waals surface area contributed by atoms with Gasteiger partial charge in [0.2, 0.25) is 5.91 Å². The minimum atomic E-state index is 0.293. The molecule has 1 saturated carbocycles. The summed E-state index contributed by atoms with van der Waals surface area (Å²) in [6.45, 7) is 3.86. The van der Waals surface area contributed by atoms with E-state index in [1.165, 1.54) is 12.1 Å². The van der Waals surface area contributed by atoms with Gasteiger partial charge in [-0.1, -0.05) is 36.8 Å². The van der Waals surface area contributed by atoms with Crippen LogP contribution in [0.4, 0.5) is 0 Å². The molecule has 2 aliphatic rings. The van der Waals surface area contributed by atoms with E-state index in [9.17, 15) is 4.79 Å². The Bertz CT molecular complexity index is 718. The van der Waals surface area contributed by atoms with Gasteiger partial charge in [0.05, 0.1) is 6.04 Å². The van der Waals surface area contributed by atoms with Crippen molar-refractivity contribution in [2.75, 3.05) is 13.1 Å². The molecule has 126 valence electrons. The molecule has 24 heavy (non-hydrogen) atoms. The Hall–Kier alpha value is -2.10. The maximum atomic E-state index is 12.6. The van der Waals surface area contributed by atoms with Crippen LogP contribution >= 0.6 is 0 Å². The van der Waals surface area contributed by atoms with Crippen molar-refractivity contribution >= 4 is 5.91 Å².